The second kappa shape index (κ2) is 7.51. The van der Waals surface area contributed by atoms with Gasteiger partial charge in [-0.15, -0.1) is 0 Å². The summed E-state index contributed by atoms with van der Waals surface area (Å²) in [5.74, 6) is 0.647. The number of ether oxygens (including phenoxy) is 2. The number of para-hydroxylation sites is 1. The van der Waals surface area contributed by atoms with Crippen molar-refractivity contribution >= 4 is 5.91 Å². The minimum Gasteiger partial charge on any atom is -0.482 e. The highest BCUT2D eigenvalue weighted by atomic mass is 16.5. The minimum atomic E-state index is -0.177. The summed E-state index contributed by atoms with van der Waals surface area (Å²) in [7, 11) is 0. The Morgan fingerprint density at radius 3 is 3.10 bits per heavy atom. The number of carbonyl (C=O) groups excluding carboxylic acids is 1. The maximum absolute atomic E-state index is 11.7. The van der Waals surface area contributed by atoms with E-state index in [1.165, 1.54) is 0 Å². The highest BCUT2D eigenvalue weighted by Gasteiger charge is 2.15. The third-order valence-electron chi connectivity index (χ3n) is 3.21. The van der Waals surface area contributed by atoms with Crippen LogP contribution in [0.2, 0.25) is 0 Å². The van der Waals surface area contributed by atoms with E-state index >= 15 is 0 Å². The zero-order valence-electron chi connectivity index (χ0n) is 11.3. The van der Waals surface area contributed by atoms with Gasteiger partial charge in [0.15, 0.2) is 6.61 Å². The lowest BCUT2D eigenvalue weighted by Crippen LogP contribution is -2.35. The van der Waals surface area contributed by atoms with Crippen LogP contribution in [0.25, 0.3) is 0 Å². The smallest absolute Gasteiger partial charge is 0.257 e. The van der Waals surface area contributed by atoms with Gasteiger partial charge < -0.3 is 14.8 Å². The Labute approximate surface area is 118 Å². The molecule has 0 radical (unpaired) electrons. The van der Waals surface area contributed by atoms with Gasteiger partial charge in [0.25, 0.3) is 5.91 Å². The van der Waals surface area contributed by atoms with Crippen molar-refractivity contribution in [2.24, 2.45) is 5.92 Å². The number of hydrogen-bond acceptors (Lipinski definition) is 4. The molecule has 20 heavy (non-hydrogen) atoms. The van der Waals surface area contributed by atoms with Gasteiger partial charge in [-0.1, -0.05) is 12.1 Å². The van der Waals surface area contributed by atoms with E-state index < -0.39 is 0 Å². The van der Waals surface area contributed by atoms with Gasteiger partial charge >= 0.3 is 0 Å². The van der Waals surface area contributed by atoms with Crippen molar-refractivity contribution in [3.8, 4) is 11.8 Å². The van der Waals surface area contributed by atoms with Crippen LogP contribution in [0, 0.1) is 17.2 Å². The van der Waals surface area contributed by atoms with Crippen LogP contribution in [0.1, 0.15) is 18.4 Å². The van der Waals surface area contributed by atoms with Crippen LogP contribution >= 0.6 is 0 Å². The maximum atomic E-state index is 11.7. The Hall–Kier alpha value is -2.06. The molecule has 0 saturated carbocycles. The van der Waals surface area contributed by atoms with Crippen molar-refractivity contribution in [3.05, 3.63) is 29.8 Å². The van der Waals surface area contributed by atoms with Gasteiger partial charge in [0.05, 0.1) is 12.2 Å². The molecule has 1 unspecified atom stereocenters. The molecule has 0 bridgehead atoms. The fourth-order valence-corrected chi connectivity index (χ4v) is 2.11. The summed E-state index contributed by atoms with van der Waals surface area (Å²) in [5, 5.41) is 11.7. The number of hydrogen-bond donors (Lipinski definition) is 1. The van der Waals surface area contributed by atoms with E-state index in [1.807, 2.05) is 6.07 Å². The van der Waals surface area contributed by atoms with Crippen molar-refractivity contribution in [2.75, 3.05) is 26.4 Å². The second-order valence-corrected chi connectivity index (χ2v) is 4.78. The van der Waals surface area contributed by atoms with E-state index in [0.717, 1.165) is 19.4 Å². The first-order valence-corrected chi connectivity index (χ1v) is 6.76. The van der Waals surface area contributed by atoms with Crippen LogP contribution in [-0.2, 0) is 9.53 Å². The molecule has 1 heterocycles. The van der Waals surface area contributed by atoms with E-state index in [9.17, 15) is 4.79 Å². The molecule has 1 fully saturated rings. The first kappa shape index (κ1) is 14.4. The predicted molar refractivity (Wildman–Crippen MR) is 73.2 cm³/mol. The van der Waals surface area contributed by atoms with E-state index in [0.29, 0.717) is 30.4 Å². The van der Waals surface area contributed by atoms with Crippen LogP contribution in [0.15, 0.2) is 24.3 Å². The number of carbonyl (C=O) groups is 1. The molecule has 1 aliphatic heterocycles. The fourth-order valence-electron chi connectivity index (χ4n) is 2.11. The predicted octanol–water partition coefficient (Wildman–Crippen LogP) is 1.48. The number of amides is 1. The van der Waals surface area contributed by atoms with Crippen molar-refractivity contribution in [2.45, 2.75) is 12.8 Å². The quantitative estimate of drug-likeness (QED) is 0.882. The van der Waals surface area contributed by atoms with Crippen molar-refractivity contribution in [3.63, 3.8) is 0 Å². The van der Waals surface area contributed by atoms with Gasteiger partial charge in [0, 0.05) is 13.2 Å². The Balaban J connectivity index is 1.73. The number of nitrogens with zero attached hydrogens (tertiary/aromatic N) is 1. The van der Waals surface area contributed by atoms with Crippen molar-refractivity contribution in [1.29, 1.82) is 5.26 Å². The molecule has 1 aromatic rings. The highest BCUT2D eigenvalue weighted by molar-refractivity contribution is 5.77. The third-order valence-corrected chi connectivity index (χ3v) is 3.21. The molecule has 5 heteroatoms. The summed E-state index contributed by atoms with van der Waals surface area (Å²) in [5.41, 5.74) is 0.431. The molecular weight excluding hydrogens is 256 g/mol. The minimum absolute atomic E-state index is 0.0771. The highest BCUT2D eigenvalue weighted by Crippen LogP contribution is 2.16. The molecule has 5 nitrogen and oxygen atoms in total. The Bertz CT molecular complexity index is 490. The summed E-state index contributed by atoms with van der Waals surface area (Å²) in [6.07, 6.45) is 2.13. The van der Waals surface area contributed by atoms with Crippen molar-refractivity contribution < 1.29 is 14.3 Å². The summed E-state index contributed by atoms with van der Waals surface area (Å²) >= 11 is 0. The molecule has 1 amide bonds. The molecule has 0 spiro atoms. The number of rotatable bonds is 5. The molecule has 2 rings (SSSR count). The molecule has 1 saturated heterocycles. The Morgan fingerprint density at radius 2 is 2.35 bits per heavy atom. The standard InChI is InChI=1S/C15H18N2O3/c16-8-13-5-1-2-6-14(13)20-11-15(18)17-9-12-4-3-7-19-10-12/h1-2,5-6,12H,3-4,7,9-11H2,(H,17,18). The van der Waals surface area contributed by atoms with Gasteiger partial charge in [-0.25, -0.2) is 0 Å². The molecule has 1 aromatic carbocycles. The number of nitrogens with one attached hydrogen (secondary N) is 1. The SMILES string of the molecule is N#Cc1ccccc1OCC(=O)NCC1CCCOC1. The average Bonchev–Trinajstić information content (AvgIpc) is 2.52. The Morgan fingerprint density at radius 1 is 1.50 bits per heavy atom. The van der Waals surface area contributed by atoms with Crippen LogP contribution in [-0.4, -0.2) is 32.3 Å². The lowest BCUT2D eigenvalue weighted by atomic mass is 10.0. The summed E-state index contributed by atoms with van der Waals surface area (Å²) in [6, 6.07) is 8.90. The van der Waals surface area contributed by atoms with Crippen LogP contribution in [0.5, 0.6) is 5.75 Å². The summed E-state index contributed by atoms with van der Waals surface area (Å²) in [4.78, 5) is 11.7. The van der Waals surface area contributed by atoms with Crippen LogP contribution < -0.4 is 10.1 Å². The fraction of sp³-hybridized carbons (Fsp3) is 0.467. The number of nitriles is 1. The average molecular weight is 274 g/mol. The van der Waals surface area contributed by atoms with Gasteiger partial charge in [0.1, 0.15) is 11.8 Å². The Kier molecular flexibility index (Phi) is 5.39. The monoisotopic (exact) mass is 274 g/mol. The van der Waals surface area contributed by atoms with Crippen LogP contribution in [0.4, 0.5) is 0 Å². The third kappa shape index (κ3) is 4.25. The zero-order chi connectivity index (χ0) is 14.2. The first-order chi connectivity index (χ1) is 9.79. The molecule has 1 atom stereocenters. The molecule has 106 valence electrons. The van der Waals surface area contributed by atoms with Gasteiger partial charge in [0.2, 0.25) is 0 Å². The first-order valence-electron chi connectivity index (χ1n) is 6.76. The maximum Gasteiger partial charge on any atom is 0.257 e. The molecule has 0 aliphatic carbocycles. The lowest BCUT2D eigenvalue weighted by molar-refractivity contribution is -0.123. The summed E-state index contributed by atoms with van der Waals surface area (Å²) in [6.45, 7) is 2.06. The van der Waals surface area contributed by atoms with E-state index in [4.69, 9.17) is 14.7 Å². The van der Waals surface area contributed by atoms with Gasteiger partial charge in [-0.05, 0) is 30.9 Å². The van der Waals surface area contributed by atoms with Crippen LogP contribution in [0.3, 0.4) is 0 Å². The number of benzene rings is 1. The second-order valence-electron chi connectivity index (χ2n) is 4.78. The zero-order valence-corrected chi connectivity index (χ0v) is 11.3. The van der Waals surface area contributed by atoms with Crippen molar-refractivity contribution in [1.82, 2.24) is 5.32 Å². The van der Waals surface area contributed by atoms with E-state index in [-0.39, 0.29) is 12.5 Å². The molecule has 1 N–H and O–H groups in total. The lowest BCUT2D eigenvalue weighted by Gasteiger charge is -2.22. The topological polar surface area (TPSA) is 71.3 Å². The van der Waals surface area contributed by atoms with E-state index in [2.05, 4.69) is 5.32 Å². The van der Waals surface area contributed by atoms with E-state index in [1.54, 1.807) is 24.3 Å². The largest absolute Gasteiger partial charge is 0.482 e. The molecule has 1 aliphatic rings. The molecular formula is C15H18N2O3. The molecule has 0 aromatic heterocycles. The summed E-state index contributed by atoms with van der Waals surface area (Å²) < 4.78 is 10.7. The van der Waals surface area contributed by atoms with Gasteiger partial charge in [-0.2, -0.15) is 5.26 Å². The normalized spacial score (nSPS) is 18.1. The van der Waals surface area contributed by atoms with Gasteiger partial charge in [-0.3, -0.25) is 4.79 Å².